The molecule has 1 atom stereocenters. The molecule has 1 aliphatic rings. The molecule has 140 valence electrons. The molecule has 2 heteroatoms. The van der Waals surface area contributed by atoms with Crippen LogP contribution in [0.4, 0.5) is 0 Å². The fourth-order valence-corrected chi connectivity index (χ4v) is 3.00. The van der Waals surface area contributed by atoms with Crippen molar-refractivity contribution in [2.45, 2.75) is 123 Å². The highest BCUT2D eigenvalue weighted by Gasteiger charge is 2.13. The molecule has 0 bridgehead atoms. The van der Waals surface area contributed by atoms with Crippen molar-refractivity contribution >= 4 is 0 Å². The second-order valence-electron chi connectivity index (χ2n) is 6.56. The Morgan fingerprint density at radius 1 is 0.739 bits per heavy atom. The molecule has 1 rings (SSSR count). The average Bonchev–Trinajstić information content (AvgIpc) is 2.61. The summed E-state index contributed by atoms with van der Waals surface area (Å²) in [6.45, 7) is 8.07. The van der Waals surface area contributed by atoms with Gasteiger partial charge in [0.05, 0.1) is 0 Å². The Kier molecular flexibility index (Phi) is 19.9. The summed E-state index contributed by atoms with van der Waals surface area (Å²) in [7, 11) is 0. The molecule has 0 N–H and O–H groups in total. The molecule has 1 heterocycles. The van der Waals surface area contributed by atoms with Crippen LogP contribution in [0.3, 0.4) is 0 Å². The third kappa shape index (κ3) is 16.6. The van der Waals surface area contributed by atoms with Crippen LogP contribution >= 0.6 is 0 Å². The predicted molar refractivity (Wildman–Crippen MR) is 102 cm³/mol. The summed E-state index contributed by atoms with van der Waals surface area (Å²) in [5.41, 5.74) is 0. The molecule has 1 unspecified atom stereocenters. The number of unbranched alkanes of at least 4 members (excludes halogenated alkanes) is 11. The fraction of sp³-hybridized carbons (Fsp3) is 1.00. The van der Waals surface area contributed by atoms with Crippen molar-refractivity contribution in [3.63, 3.8) is 0 Å². The number of hydrogen-bond donors (Lipinski definition) is 0. The molecule has 0 saturated carbocycles. The Labute approximate surface area is 146 Å². The van der Waals surface area contributed by atoms with Gasteiger partial charge in [0.15, 0.2) is 6.29 Å². The highest BCUT2D eigenvalue weighted by atomic mass is 16.7. The zero-order chi connectivity index (χ0) is 17.0. The summed E-state index contributed by atoms with van der Waals surface area (Å²) in [6.07, 6.45) is 20.5. The van der Waals surface area contributed by atoms with Crippen molar-refractivity contribution in [1.29, 1.82) is 0 Å². The number of hydrogen-bond acceptors (Lipinski definition) is 2. The Morgan fingerprint density at radius 3 is 1.74 bits per heavy atom. The first-order valence-corrected chi connectivity index (χ1v) is 10.7. The van der Waals surface area contributed by atoms with Crippen LogP contribution in [0.5, 0.6) is 0 Å². The summed E-state index contributed by atoms with van der Waals surface area (Å²) in [4.78, 5) is 0. The lowest BCUT2D eigenvalue weighted by atomic mass is 10.1. The Morgan fingerprint density at radius 2 is 1.26 bits per heavy atom. The maximum absolute atomic E-state index is 5.75. The van der Waals surface area contributed by atoms with Crippen molar-refractivity contribution < 1.29 is 9.47 Å². The molecule has 0 radical (unpaired) electrons. The molecule has 0 aromatic carbocycles. The van der Waals surface area contributed by atoms with Gasteiger partial charge in [0.1, 0.15) is 0 Å². The molecular weight excluding hydrogens is 284 g/mol. The first-order chi connectivity index (χ1) is 11.4. The van der Waals surface area contributed by atoms with Crippen LogP contribution in [0.25, 0.3) is 0 Å². The van der Waals surface area contributed by atoms with Gasteiger partial charge in [-0.1, -0.05) is 91.4 Å². The van der Waals surface area contributed by atoms with Crippen molar-refractivity contribution in [2.75, 3.05) is 13.2 Å². The summed E-state index contributed by atoms with van der Waals surface area (Å²) in [5, 5.41) is 0. The van der Waals surface area contributed by atoms with Gasteiger partial charge in [0.2, 0.25) is 0 Å². The van der Waals surface area contributed by atoms with E-state index in [-0.39, 0.29) is 6.29 Å². The maximum atomic E-state index is 5.75. The van der Waals surface area contributed by atoms with Gasteiger partial charge in [-0.15, -0.1) is 0 Å². The van der Waals surface area contributed by atoms with E-state index in [9.17, 15) is 0 Å². The van der Waals surface area contributed by atoms with Crippen molar-refractivity contribution in [2.24, 2.45) is 0 Å². The largest absolute Gasteiger partial charge is 0.353 e. The Bertz CT molecular complexity index is 200. The molecule has 23 heavy (non-hydrogen) atoms. The lowest BCUT2D eigenvalue weighted by molar-refractivity contribution is -0.162. The van der Waals surface area contributed by atoms with E-state index in [1.54, 1.807) is 0 Å². The van der Waals surface area contributed by atoms with Crippen LogP contribution in [0.2, 0.25) is 0 Å². The van der Waals surface area contributed by atoms with E-state index in [1.807, 2.05) is 13.8 Å². The van der Waals surface area contributed by atoms with E-state index < -0.39 is 0 Å². The molecule has 1 saturated heterocycles. The summed E-state index contributed by atoms with van der Waals surface area (Å²) in [6, 6.07) is 0. The zero-order valence-corrected chi connectivity index (χ0v) is 16.4. The minimum absolute atomic E-state index is 0.103. The maximum Gasteiger partial charge on any atom is 0.157 e. The third-order valence-electron chi connectivity index (χ3n) is 4.44. The van der Waals surface area contributed by atoms with Gasteiger partial charge in [-0.3, -0.25) is 0 Å². The summed E-state index contributed by atoms with van der Waals surface area (Å²) in [5.74, 6) is 0. The van der Waals surface area contributed by atoms with Crippen molar-refractivity contribution in [1.82, 2.24) is 0 Å². The predicted octanol–water partition coefficient (Wildman–Crippen LogP) is 7.26. The molecule has 0 aromatic rings. The quantitative estimate of drug-likeness (QED) is 0.312. The van der Waals surface area contributed by atoms with Crippen LogP contribution in [-0.2, 0) is 9.47 Å². The topological polar surface area (TPSA) is 18.5 Å². The lowest BCUT2D eigenvalue weighted by Crippen LogP contribution is -2.22. The average molecular weight is 329 g/mol. The summed E-state index contributed by atoms with van der Waals surface area (Å²) < 4.78 is 11.3. The summed E-state index contributed by atoms with van der Waals surface area (Å²) >= 11 is 0. The standard InChI is InChI=1S/C19H38O2.C2H6/c1-2-3-4-5-6-7-8-9-10-11-12-14-17-20-19-16-13-15-18-21-19;1-2/h19H,2-18H2,1H3;1-2H3. The van der Waals surface area contributed by atoms with Crippen molar-refractivity contribution in [3.8, 4) is 0 Å². The van der Waals surface area contributed by atoms with Crippen LogP contribution in [-0.4, -0.2) is 19.5 Å². The molecule has 0 amide bonds. The van der Waals surface area contributed by atoms with Crippen molar-refractivity contribution in [3.05, 3.63) is 0 Å². The first-order valence-electron chi connectivity index (χ1n) is 10.7. The van der Waals surface area contributed by atoms with Gasteiger partial charge < -0.3 is 9.47 Å². The molecular formula is C21H44O2. The highest BCUT2D eigenvalue weighted by molar-refractivity contribution is 4.54. The molecule has 2 nitrogen and oxygen atoms in total. The minimum Gasteiger partial charge on any atom is -0.353 e. The van der Waals surface area contributed by atoms with Gasteiger partial charge in [0.25, 0.3) is 0 Å². The smallest absolute Gasteiger partial charge is 0.157 e. The second kappa shape index (κ2) is 20.0. The van der Waals surface area contributed by atoms with Crippen LogP contribution < -0.4 is 0 Å². The molecule has 0 aliphatic carbocycles. The Hall–Kier alpha value is -0.0800. The normalized spacial score (nSPS) is 17.6. The van der Waals surface area contributed by atoms with E-state index in [1.165, 1.54) is 89.9 Å². The van der Waals surface area contributed by atoms with E-state index in [0.29, 0.717) is 0 Å². The number of rotatable bonds is 14. The molecule has 1 fully saturated rings. The Balaban J connectivity index is 0.00000232. The lowest BCUT2D eigenvalue weighted by Gasteiger charge is -2.22. The first kappa shape index (κ1) is 22.9. The van der Waals surface area contributed by atoms with E-state index in [4.69, 9.17) is 9.47 Å². The van der Waals surface area contributed by atoms with Gasteiger partial charge in [0, 0.05) is 13.2 Å². The molecule has 1 aliphatic heterocycles. The minimum atomic E-state index is 0.103. The van der Waals surface area contributed by atoms with Crippen LogP contribution in [0, 0.1) is 0 Å². The van der Waals surface area contributed by atoms with E-state index >= 15 is 0 Å². The van der Waals surface area contributed by atoms with Crippen LogP contribution in [0.1, 0.15) is 117 Å². The number of ether oxygens (including phenoxy) is 2. The van der Waals surface area contributed by atoms with Crippen LogP contribution in [0.15, 0.2) is 0 Å². The molecule has 0 aromatic heterocycles. The fourth-order valence-electron chi connectivity index (χ4n) is 3.00. The highest BCUT2D eigenvalue weighted by Crippen LogP contribution is 2.15. The van der Waals surface area contributed by atoms with E-state index in [2.05, 4.69) is 6.92 Å². The third-order valence-corrected chi connectivity index (χ3v) is 4.44. The second-order valence-corrected chi connectivity index (χ2v) is 6.56. The SMILES string of the molecule is CC.CCCCCCCCCCCCCCOC1CCCCO1. The van der Waals surface area contributed by atoms with Gasteiger partial charge in [-0.25, -0.2) is 0 Å². The molecule has 0 spiro atoms. The van der Waals surface area contributed by atoms with E-state index in [0.717, 1.165) is 19.6 Å². The van der Waals surface area contributed by atoms with Gasteiger partial charge in [-0.2, -0.15) is 0 Å². The zero-order valence-electron chi connectivity index (χ0n) is 16.4. The van der Waals surface area contributed by atoms with Gasteiger partial charge >= 0.3 is 0 Å². The van der Waals surface area contributed by atoms with Gasteiger partial charge in [-0.05, 0) is 25.7 Å². The monoisotopic (exact) mass is 328 g/mol.